The van der Waals surface area contributed by atoms with Crippen LogP contribution in [0.25, 0.3) is 0 Å². The van der Waals surface area contributed by atoms with Crippen molar-refractivity contribution in [2.45, 2.75) is 19.5 Å². The summed E-state index contributed by atoms with van der Waals surface area (Å²) in [6.45, 7) is 2.08. The Morgan fingerprint density at radius 1 is 1.19 bits per heavy atom. The number of urea groups is 1. The van der Waals surface area contributed by atoms with Crippen LogP contribution in [0.1, 0.15) is 34.5 Å². The van der Waals surface area contributed by atoms with E-state index in [2.05, 4.69) is 10.6 Å². The van der Waals surface area contributed by atoms with Gasteiger partial charge in [0.25, 0.3) is 5.91 Å². The van der Waals surface area contributed by atoms with E-state index in [0.29, 0.717) is 10.6 Å². The highest BCUT2D eigenvalue weighted by atomic mass is 35.5. The monoisotopic (exact) mass is 371 g/mol. The molecular formula is C19H18ClN3O3. The highest BCUT2D eigenvalue weighted by molar-refractivity contribution is 6.31. The summed E-state index contributed by atoms with van der Waals surface area (Å²) in [5, 5.41) is 5.98. The first-order valence-electron chi connectivity index (χ1n) is 8.18. The average molecular weight is 372 g/mol. The molecule has 0 aliphatic carbocycles. The number of rotatable bonds is 5. The molecule has 1 aliphatic heterocycles. The van der Waals surface area contributed by atoms with E-state index in [-0.39, 0.29) is 30.9 Å². The number of hydrogen-bond acceptors (Lipinski definition) is 3. The summed E-state index contributed by atoms with van der Waals surface area (Å²) in [5.41, 5.74) is 2.11. The maximum atomic E-state index is 12.4. The molecule has 1 aliphatic rings. The molecule has 2 aromatic carbocycles. The van der Waals surface area contributed by atoms with E-state index in [1.54, 1.807) is 30.3 Å². The standard InChI is InChI=1S/C19H18ClN3O3/c1-12(15-4-2-3-5-16(15)20)22-18(25)14-8-6-13(7-9-14)11-23-17(24)10-21-19(23)26/h2-9,12H,10-11H2,1H3,(H,21,26)(H,22,25)/t12-/m1/s1. The molecule has 1 saturated heterocycles. The lowest BCUT2D eigenvalue weighted by molar-refractivity contribution is -0.125. The summed E-state index contributed by atoms with van der Waals surface area (Å²) < 4.78 is 0. The van der Waals surface area contributed by atoms with Crippen molar-refractivity contribution in [3.8, 4) is 0 Å². The predicted molar refractivity (Wildman–Crippen MR) is 97.7 cm³/mol. The van der Waals surface area contributed by atoms with Gasteiger partial charge in [-0.3, -0.25) is 14.5 Å². The molecule has 6 nitrogen and oxygen atoms in total. The summed E-state index contributed by atoms with van der Waals surface area (Å²) in [6.07, 6.45) is 0. The van der Waals surface area contributed by atoms with Crippen LogP contribution in [0.2, 0.25) is 5.02 Å². The van der Waals surface area contributed by atoms with Gasteiger partial charge in [-0.2, -0.15) is 0 Å². The van der Waals surface area contributed by atoms with Crippen molar-refractivity contribution in [3.63, 3.8) is 0 Å². The first kappa shape index (κ1) is 17.9. The summed E-state index contributed by atoms with van der Waals surface area (Å²) >= 11 is 6.16. The van der Waals surface area contributed by atoms with Crippen molar-refractivity contribution in [3.05, 3.63) is 70.2 Å². The highest BCUT2D eigenvalue weighted by Gasteiger charge is 2.28. The van der Waals surface area contributed by atoms with E-state index in [1.807, 2.05) is 25.1 Å². The van der Waals surface area contributed by atoms with Crippen LogP contribution in [-0.4, -0.2) is 29.3 Å². The SMILES string of the molecule is C[C@@H](NC(=O)c1ccc(CN2C(=O)CNC2=O)cc1)c1ccccc1Cl. The first-order chi connectivity index (χ1) is 12.5. The van der Waals surface area contributed by atoms with Crippen LogP contribution in [-0.2, 0) is 11.3 Å². The molecule has 0 saturated carbocycles. The first-order valence-corrected chi connectivity index (χ1v) is 8.56. The fraction of sp³-hybridized carbons (Fsp3) is 0.211. The average Bonchev–Trinajstić information content (AvgIpc) is 2.94. The number of benzene rings is 2. The topological polar surface area (TPSA) is 78.5 Å². The molecule has 7 heteroatoms. The van der Waals surface area contributed by atoms with Crippen LogP contribution < -0.4 is 10.6 Å². The number of halogens is 1. The van der Waals surface area contributed by atoms with Crippen LogP contribution in [0.4, 0.5) is 4.79 Å². The van der Waals surface area contributed by atoms with Crippen molar-refractivity contribution in [2.75, 3.05) is 6.54 Å². The van der Waals surface area contributed by atoms with E-state index >= 15 is 0 Å². The summed E-state index contributed by atoms with van der Waals surface area (Å²) in [6, 6.07) is 13.5. The smallest absolute Gasteiger partial charge is 0.324 e. The zero-order chi connectivity index (χ0) is 18.7. The molecule has 1 atom stereocenters. The second-order valence-electron chi connectivity index (χ2n) is 6.05. The molecule has 4 amide bonds. The largest absolute Gasteiger partial charge is 0.345 e. The second kappa shape index (κ2) is 7.58. The minimum absolute atomic E-state index is 0.0270. The summed E-state index contributed by atoms with van der Waals surface area (Å²) in [4.78, 5) is 36.7. The number of carbonyl (C=O) groups excluding carboxylic acids is 3. The van der Waals surface area contributed by atoms with Crippen LogP contribution >= 0.6 is 11.6 Å². The molecule has 0 unspecified atom stereocenters. The number of amides is 4. The molecule has 134 valence electrons. The third kappa shape index (κ3) is 3.86. The molecule has 0 radical (unpaired) electrons. The number of hydrogen-bond donors (Lipinski definition) is 2. The van der Waals surface area contributed by atoms with E-state index < -0.39 is 6.03 Å². The molecule has 1 heterocycles. The van der Waals surface area contributed by atoms with E-state index in [9.17, 15) is 14.4 Å². The number of nitrogens with one attached hydrogen (secondary N) is 2. The highest BCUT2D eigenvalue weighted by Crippen LogP contribution is 2.22. The van der Waals surface area contributed by atoms with Crippen molar-refractivity contribution >= 4 is 29.4 Å². The van der Waals surface area contributed by atoms with Crippen LogP contribution in [0.3, 0.4) is 0 Å². The van der Waals surface area contributed by atoms with Gasteiger partial charge >= 0.3 is 6.03 Å². The Balaban J connectivity index is 1.64. The van der Waals surface area contributed by atoms with Gasteiger partial charge in [-0.25, -0.2) is 4.79 Å². The quantitative estimate of drug-likeness (QED) is 0.793. The van der Waals surface area contributed by atoms with Crippen LogP contribution in [0.15, 0.2) is 48.5 Å². The summed E-state index contributed by atoms with van der Waals surface area (Å²) in [5.74, 6) is -0.482. The lowest BCUT2D eigenvalue weighted by Gasteiger charge is -2.16. The Labute approximate surface area is 156 Å². The molecule has 0 aromatic heterocycles. The normalized spacial score (nSPS) is 14.9. The minimum Gasteiger partial charge on any atom is -0.345 e. The minimum atomic E-state index is -0.398. The van der Waals surface area contributed by atoms with Gasteiger partial charge in [-0.1, -0.05) is 41.9 Å². The molecule has 2 aromatic rings. The van der Waals surface area contributed by atoms with Crippen molar-refractivity contribution in [2.24, 2.45) is 0 Å². The van der Waals surface area contributed by atoms with Crippen LogP contribution in [0.5, 0.6) is 0 Å². The van der Waals surface area contributed by atoms with Gasteiger partial charge in [0.05, 0.1) is 19.1 Å². The fourth-order valence-corrected chi connectivity index (χ4v) is 3.04. The number of nitrogens with zero attached hydrogens (tertiary/aromatic N) is 1. The van der Waals surface area contributed by atoms with Crippen molar-refractivity contribution in [1.82, 2.24) is 15.5 Å². The Bertz CT molecular complexity index is 835. The lowest BCUT2D eigenvalue weighted by Crippen LogP contribution is -2.30. The van der Waals surface area contributed by atoms with Crippen molar-refractivity contribution in [1.29, 1.82) is 0 Å². The Morgan fingerprint density at radius 2 is 1.88 bits per heavy atom. The third-order valence-electron chi connectivity index (χ3n) is 4.21. The maximum absolute atomic E-state index is 12.4. The Morgan fingerprint density at radius 3 is 2.50 bits per heavy atom. The second-order valence-corrected chi connectivity index (χ2v) is 6.46. The Kier molecular flexibility index (Phi) is 5.23. The van der Waals surface area contributed by atoms with Gasteiger partial charge in [0.15, 0.2) is 0 Å². The zero-order valence-corrected chi connectivity index (χ0v) is 14.9. The number of carbonyl (C=O) groups is 3. The lowest BCUT2D eigenvalue weighted by atomic mass is 10.1. The van der Waals surface area contributed by atoms with Crippen molar-refractivity contribution < 1.29 is 14.4 Å². The third-order valence-corrected chi connectivity index (χ3v) is 4.56. The van der Waals surface area contributed by atoms with Gasteiger partial charge < -0.3 is 10.6 Å². The molecule has 1 fully saturated rings. The molecule has 0 bridgehead atoms. The fourth-order valence-electron chi connectivity index (χ4n) is 2.74. The zero-order valence-electron chi connectivity index (χ0n) is 14.2. The molecular weight excluding hydrogens is 354 g/mol. The molecule has 2 N–H and O–H groups in total. The predicted octanol–water partition coefficient (Wildman–Crippen LogP) is 2.88. The van der Waals surface area contributed by atoms with Gasteiger partial charge in [0, 0.05) is 10.6 Å². The summed E-state index contributed by atoms with van der Waals surface area (Å²) in [7, 11) is 0. The van der Waals surface area contributed by atoms with Crippen LogP contribution in [0, 0.1) is 0 Å². The molecule has 0 spiro atoms. The molecule has 26 heavy (non-hydrogen) atoms. The molecule has 3 rings (SSSR count). The maximum Gasteiger partial charge on any atom is 0.324 e. The van der Waals surface area contributed by atoms with E-state index in [4.69, 9.17) is 11.6 Å². The van der Waals surface area contributed by atoms with E-state index in [0.717, 1.165) is 16.0 Å². The van der Waals surface area contributed by atoms with Gasteiger partial charge in [0.1, 0.15) is 0 Å². The number of imide groups is 1. The van der Waals surface area contributed by atoms with Gasteiger partial charge in [-0.15, -0.1) is 0 Å². The van der Waals surface area contributed by atoms with Gasteiger partial charge in [0.2, 0.25) is 5.91 Å². The van der Waals surface area contributed by atoms with Gasteiger partial charge in [-0.05, 0) is 36.2 Å². The van der Waals surface area contributed by atoms with E-state index in [1.165, 1.54) is 0 Å². The Hall–Kier alpha value is -2.86.